The lowest BCUT2D eigenvalue weighted by Crippen LogP contribution is -2.39. The van der Waals surface area contributed by atoms with E-state index in [1.165, 1.54) is 6.08 Å². The van der Waals surface area contributed by atoms with Crippen molar-refractivity contribution in [1.29, 1.82) is 0 Å². The Bertz CT molecular complexity index is 648. The molecule has 1 N–H and O–H groups in total. The van der Waals surface area contributed by atoms with Gasteiger partial charge in [-0.2, -0.15) is 0 Å². The zero-order valence-corrected chi connectivity index (χ0v) is 15.6. The van der Waals surface area contributed by atoms with Crippen LogP contribution in [0.4, 0.5) is 0 Å². The summed E-state index contributed by atoms with van der Waals surface area (Å²) in [5.74, 6) is 1.14. The lowest BCUT2D eigenvalue weighted by molar-refractivity contribution is -0.144. The topological polar surface area (TPSA) is 73.9 Å². The van der Waals surface area contributed by atoms with Crippen molar-refractivity contribution in [2.45, 2.75) is 38.6 Å². The van der Waals surface area contributed by atoms with Crippen molar-refractivity contribution in [3.05, 3.63) is 29.8 Å². The minimum absolute atomic E-state index is 0.189. The van der Waals surface area contributed by atoms with E-state index in [4.69, 9.17) is 14.2 Å². The molecule has 142 valence electrons. The van der Waals surface area contributed by atoms with E-state index in [-0.39, 0.29) is 18.6 Å². The lowest BCUT2D eigenvalue weighted by atomic mass is 9.87. The molecule has 26 heavy (non-hydrogen) atoms. The fourth-order valence-electron chi connectivity index (χ4n) is 2.99. The van der Waals surface area contributed by atoms with Gasteiger partial charge in [-0.3, -0.25) is 4.79 Å². The van der Waals surface area contributed by atoms with Gasteiger partial charge in [-0.1, -0.05) is 6.92 Å². The predicted octanol–water partition coefficient (Wildman–Crippen LogP) is 2.96. The number of nitrogens with one attached hydrogen (secondary N) is 1. The van der Waals surface area contributed by atoms with Gasteiger partial charge in [0.25, 0.3) is 5.91 Å². The summed E-state index contributed by atoms with van der Waals surface area (Å²) in [4.78, 5) is 23.8. The maximum Gasteiger partial charge on any atom is 0.331 e. The standard InChI is InChI=1S/C20H27NO5/c1-14-4-7-16(8-5-14)21-19(22)13-26-20(23)11-6-15-12-17(24-2)9-10-18(15)25-3/h6,9-12,14,16H,4-5,7-8,13H2,1-3H3,(H,21,22)/b11-6+. The Labute approximate surface area is 154 Å². The van der Waals surface area contributed by atoms with Crippen LogP contribution in [0, 0.1) is 5.92 Å². The van der Waals surface area contributed by atoms with Gasteiger partial charge >= 0.3 is 5.97 Å². The first kappa shape index (κ1) is 19.8. The molecular formula is C20H27NO5. The number of benzene rings is 1. The van der Waals surface area contributed by atoms with Gasteiger partial charge in [0.05, 0.1) is 14.2 Å². The number of rotatable bonds is 7. The molecule has 1 aromatic rings. The van der Waals surface area contributed by atoms with E-state index in [0.29, 0.717) is 17.1 Å². The van der Waals surface area contributed by atoms with E-state index >= 15 is 0 Å². The third-order valence-corrected chi connectivity index (χ3v) is 4.56. The van der Waals surface area contributed by atoms with Gasteiger partial charge in [-0.25, -0.2) is 4.79 Å². The van der Waals surface area contributed by atoms with E-state index in [9.17, 15) is 9.59 Å². The van der Waals surface area contributed by atoms with Crippen LogP contribution in [0.15, 0.2) is 24.3 Å². The molecule has 0 radical (unpaired) electrons. The lowest BCUT2D eigenvalue weighted by Gasteiger charge is -2.26. The highest BCUT2D eigenvalue weighted by Gasteiger charge is 2.20. The molecule has 0 aliphatic heterocycles. The average molecular weight is 361 g/mol. The number of esters is 1. The van der Waals surface area contributed by atoms with Crippen LogP contribution in [0.25, 0.3) is 6.08 Å². The van der Waals surface area contributed by atoms with Crippen molar-refractivity contribution in [3.63, 3.8) is 0 Å². The molecule has 1 aromatic carbocycles. The number of methoxy groups -OCH3 is 2. The molecular weight excluding hydrogens is 334 g/mol. The van der Waals surface area contributed by atoms with Gasteiger partial charge in [-0.05, 0) is 55.9 Å². The Morgan fingerprint density at radius 3 is 2.54 bits per heavy atom. The van der Waals surface area contributed by atoms with Crippen LogP contribution >= 0.6 is 0 Å². The Balaban J connectivity index is 1.81. The summed E-state index contributed by atoms with van der Waals surface area (Å²) in [6, 6.07) is 5.46. The van der Waals surface area contributed by atoms with Gasteiger partial charge < -0.3 is 19.5 Å². The molecule has 0 bridgehead atoms. The monoisotopic (exact) mass is 361 g/mol. The highest BCUT2D eigenvalue weighted by molar-refractivity contribution is 5.89. The molecule has 0 aromatic heterocycles. The first-order valence-electron chi connectivity index (χ1n) is 8.88. The van der Waals surface area contributed by atoms with Gasteiger partial charge in [0.1, 0.15) is 11.5 Å². The van der Waals surface area contributed by atoms with Crippen molar-refractivity contribution in [2.75, 3.05) is 20.8 Å². The molecule has 1 amide bonds. The highest BCUT2D eigenvalue weighted by Crippen LogP contribution is 2.25. The average Bonchev–Trinajstić information content (AvgIpc) is 2.66. The number of hydrogen-bond acceptors (Lipinski definition) is 5. The SMILES string of the molecule is COc1ccc(OC)c(/C=C/C(=O)OCC(=O)NC2CCC(C)CC2)c1. The quantitative estimate of drug-likeness (QED) is 0.597. The fraction of sp³-hybridized carbons (Fsp3) is 0.500. The Morgan fingerprint density at radius 1 is 1.15 bits per heavy atom. The minimum atomic E-state index is -0.581. The third kappa shape index (κ3) is 6.10. The summed E-state index contributed by atoms with van der Waals surface area (Å²) in [6.45, 7) is 1.95. The van der Waals surface area contributed by atoms with Crippen LogP contribution in [0.2, 0.25) is 0 Å². The predicted molar refractivity (Wildman–Crippen MR) is 99.1 cm³/mol. The number of hydrogen-bond donors (Lipinski definition) is 1. The van der Waals surface area contributed by atoms with Crippen LogP contribution in [0.1, 0.15) is 38.2 Å². The summed E-state index contributed by atoms with van der Waals surface area (Å²) in [5, 5.41) is 2.93. The molecule has 1 saturated carbocycles. The summed E-state index contributed by atoms with van der Waals surface area (Å²) < 4.78 is 15.4. The molecule has 1 fully saturated rings. The Hall–Kier alpha value is -2.50. The molecule has 1 aliphatic carbocycles. The summed E-state index contributed by atoms with van der Waals surface area (Å²) >= 11 is 0. The van der Waals surface area contributed by atoms with Crippen LogP contribution in [0.3, 0.4) is 0 Å². The molecule has 1 aliphatic rings. The van der Waals surface area contributed by atoms with Crippen LogP contribution in [-0.4, -0.2) is 38.7 Å². The van der Waals surface area contributed by atoms with Crippen molar-refractivity contribution in [1.82, 2.24) is 5.32 Å². The normalized spacial score (nSPS) is 19.8. The second kappa shape index (κ2) is 9.85. The van der Waals surface area contributed by atoms with Crippen LogP contribution in [0.5, 0.6) is 11.5 Å². The van der Waals surface area contributed by atoms with Crippen LogP contribution < -0.4 is 14.8 Å². The van der Waals surface area contributed by atoms with Gasteiger partial charge in [0, 0.05) is 17.7 Å². The van der Waals surface area contributed by atoms with Crippen molar-refractivity contribution in [3.8, 4) is 11.5 Å². The summed E-state index contributed by atoms with van der Waals surface area (Å²) in [7, 11) is 3.11. The van der Waals surface area contributed by atoms with Crippen LogP contribution in [-0.2, 0) is 14.3 Å². The van der Waals surface area contributed by atoms with Crippen molar-refractivity contribution in [2.24, 2.45) is 5.92 Å². The molecule has 0 heterocycles. The second-order valence-corrected chi connectivity index (χ2v) is 6.57. The Morgan fingerprint density at radius 2 is 1.88 bits per heavy atom. The summed E-state index contributed by atoms with van der Waals surface area (Å²) in [5.41, 5.74) is 0.685. The molecule has 0 saturated heterocycles. The first-order valence-corrected chi connectivity index (χ1v) is 8.88. The van der Waals surface area contributed by atoms with E-state index in [2.05, 4.69) is 12.2 Å². The smallest absolute Gasteiger partial charge is 0.331 e. The number of carbonyl (C=O) groups excluding carboxylic acids is 2. The maximum atomic E-state index is 11.9. The molecule has 0 spiro atoms. The van der Waals surface area contributed by atoms with Gasteiger partial charge in [-0.15, -0.1) is 0 Å². The first-order chi connectivity index (χ1) is 12.5. The van der Waals surface area contributed by atoms with E-state index in [1.807, 2.05) is 0 Å². The minimum Gasteiger partial charge on any atom is -0.497 e. The molecule has 0 atom stereocenters. The zero-order valence-electron chi connectivity index (χ0n) is 15.6. The molecule has 0 unspecified atom stereocenters. The third-order valence-electron chi connectivity index (χ3n) is 4.56. The molecule has 6 heteroatoms. The van der Waals surface area contributed by atoms with Gasteiger partial charge in [0.15, 0.2) is 6.61 Å². The number of amides is 1. The Kier molecular flexibility index (Phi) is 7.51. The van der Waals surface area contributed by atoms with Crippen molar-refractivity contribution < 1.29 is 23.8 Å². The van der Waals surface area contributed by atoms with Gasteiger partial charge in [0.2, 0.25) is 0 Å². The second-order valence-electron chi connectivity index (χ2n) is 6.57. The number of carbonyl (C=O) groups is 2. The highest BCUT2D eigenvalue weighted by atomic mass is 16.5. The maximum absolute atomic E-state index is 11.9. The number of ether oxygens (including phenoxy) is 3. The van der Waals surface area contributed by atoms with E-state index in [1.54, 1.807) is 38.5 Å². The van der Waals surface area contributed by atoms with Crippen molar-refractivity contribution >= 4 is 18.0 Å². The largest absolute Gasteiger partial charge is 0.497 e. The van der Waals surface area contributed by atoms with E-state index < -0.39 is 5.97 Å². The zero-order chi connectivity index (χ0) is 18.9. The molecule has 6 nitrogen and oxygen atoms in total. The fourth-order valence-corrected chi connectivity index (χ4v) is 2.99. The molecule has 2 rings (SSSR count). The summed E-state index contributed by atoms with van der Waals surface area (Å²) in [6.07, 6.45) is 7.05. The van der Waals surface area contributed by atoms with E-state index in [0.717, 1.165) is 31.6 Å².